The first-order chi connectivity index (χ1) is 9.49. The van der Waals surface area contributed by atoms with Gasteiger partial charge in [0.15, 0.2) is 0 Å². The molecule has 1 aromatic rings. The third kappa shape index (κ3) is 4.22. The maximum absolute atomic E-state index is 12.1. The number of anilines is 1. The third-order valence-electron chi connectivity index (χ3n) is 2.77. The number of benzene rings is 1. The zero-order chi connectivity index (χ0) is 15.1. The van der Waals surface area contributed by atoms with E-state index in [0.29, 0.717) is 13.2 Å². The summed E-state index contributed by atoms with van der Waals surface area (Å²) >= 11 is 0. The molecule has 2 amide bonds. The smallest absolute Gasteiger partial charge is 0.409 e. The van der Waals surface area contributed by atoms with Gasteiger partial charge in [-0.05, 0) is 30.2 Å². The van der Waals surface area contributed by atoms with E-state index in [-0.39, 0.29) is 23.7 Å². The van der Waals surface area contributed by atoms with Gasteiger partial charge in [-0.1, -0.05) is 0 Å². The molecule has 0 atom stereocenters. The Bertz CT molecular complexity index is 503. The van der Waals surface area contributed by atoms with Gasteiger partial charge in [-0.2, -0.15) is 0 Å². The molecule has 0 saturated heterocycles. The van der Waals surface area contributed by atoms with Crippen LogP contribution in [0.5, 0.6) is 0 Å². The van der Waals surface area contributed by atoms with Gasteiger partial charge >= 0.3 is 6.09 Å². The van der Waals surface area contributed by atoms with Crippen LogP contribution in [0, 0.1) is 6.92 Å². The predicted molar refractivity (Wildman–Crippen MR) is 74.9 cm³/mol. The molecule has 0 heterocycles. The summed E-state index contributed by atoms with van der Waals surface area (Å²) in [5.74, 6) is -0.375. The van der Waals surface area contributed by atoms with Crippen molar-refractivity contribution in [1.82, 2.24) is 5.32 Å². The zero-order valence-electron chi connectivity index (χ0n) is 11.5. The number of hydrogen-bond acceptors (Lipinski definition) is 4. The molecule has 7 heteroatoms. The Morgan fingerprint density at radius 3 is 2.65 bits per heavy atom. The molecule has 0 aliphatic rings. The van der Waals surface area contributed by atoms with Crippen molar-refractivity contribution in [3.63, 3.8) is 0 Å². The minimum Gasteiger partial charge on any atom is -0.465 e. The fourth-order valence-electron chi connectivity index (χ4n) is 1.74. The molecule has 0 unspecified atom stereocenters. The summed E-state index contributed by atoms with van der Waals surface area (Å²) in [5.41, 5.74) is 7.70. The molecular weight excluding hydrogens is 262 g/mol. The molecule has 7 nitrogen and oxygen atoms in total. The average molecular weight is 281 g/mol. The molecule has 0 spiro atoms. The summed E-state index contributed by atoms with van der Waals surface area (Å²) in [6.45, 7) is 2.80. The first-order valence-electron chi connectivity index (χ1n) is 6.10. The molecule has 0 radical (unpaired) electrons. The van der Waals surface area contributed by atoms with E-state index >= 15 is 0 Å². The van der Waals surface area contributed by atoms with Crippen molar-refractivity contribution in [1.29, 1.82) is 0 Å². The number of nitrogens with two attached hydrogens (primary N) is 1. The van der Waals surface area contributed by atoms with Crippen molar-refractivity contribution in [3.05, 3.63) is 28.8 Å². The van der Waals surface area contributed by atoms with Crippen molar-refractivity contribution in [2.45, 2.75) is 13.5 Å². The Kier molecular flexibility index (Phi) is 5.95. The Hall–Kier alpha value is -2.12. The minimum absolute atomic E-state index is 0.238. The number of methoxy groups -OCH3 is 1. The van der Waals surface area contributed by atoms with E-state index in [1.807, 2.05) is 6.92 Å². The summed E-state index contributed by atoms with van der Waals surface area (Å²) in [6, 6.07) is 3.20. The molecule has 0 aromatic heterocycles. The summed E-state index contributed by atoms with van der Waals surface area (Å²) in [7, 11) is 1.53. The molecule has 20 heavy (non-hydrogen) atoms. The quantitative estimate of drug-likeness (QED) is 0.579. The fraction of sp³-hybridized carbons (Fsp3) is 0.385. The van der Waals surface area contributed by atoms with Gasteiger partial charge in [0, 0.05) is 20.2 Å². The molecule has 5 N–H and O–H groups in total. The van der Waals surface area contributed by atoms with Gasteiger partial charge in [0.05, 0.1) is 17.9 Å². The van der Waals surface area contributed by atoms with Crippen LogP contribution in [-0.4, -0.2) is 37.4 Å². The number of ether oxygens (including phenoxy) is 1. The zero-order valence-corrected chi connectivity index (χ0v) is 11.5. The monoisotopic (exact) mass is 281 g/mol. The molecule has 0 aliphatic carbocycles. The predicted octanol–water partition coefficient (Wildman–Crippen LogP) is 0.920. The Morgan fingerprint density at radius 1 is 1.40 bits per heavy atom. The van der Waals surface area contributed by atoms with E-state index in [4.69, 9.17) is 15.6 Å². The van der Waals surface area contributed by atoms with Crippen LogP contribution in [0.1, 0.15) is 21.5 Å². The molecule has 110 valence electrons. The minimum atomic E-state index is -1.23. The number of carbonyl (C=O) groups excluding carboxylic acids is 1. The van der Waals surface area contributed by atoms with Crippen molar-refractivity contribution in [2.24, 2.45) is 5.73 Å². The van der Waals surface area contributed by atoms with Crippen LogP contribution in [-0.2, 0) is 11.3 Å². The second-order valence-electron chi connectivity index (χ2n) is 4.21. The van der Waals surface area contributed by atoms with Gasteiger partial charge < -0.3 is 20.9 Å². The molecule has 0 bridgehead atoms. The first-order valence-corrected chi connectivity index (χ1v) is 6.10. The first kappa shape index (κ1) is 15.9. The lowest BCUT2D eigenvalue weighted by atomic mass is 10.0. The topological polar surface area (TPSA) is 114 Å². The van der Waals surface area contributed by atoms with Crippen LogP contribution in [0.2, 0.25) is 0 Å². The second-order valence-corrected chi connectivity index (χ2v) is 4.21. The highest BCUT2D eigenvalue weighted by atomic mass is 16.5. The fourth-order valence-corrected chi connectivity index (χ4v) is 1.74. The highest BCUT2D eigenvalue weighted by Gasteiger charge is 2.15. The average Bonchev–Trinajstić information content (AvgIpc) is 2.38. The van der Waals surface area contributed by atoms with Gasteiger partial charge in [-0.15, -0.1) is 0 Å². The Morgan fingerprint density at radius 2 is 2.10 bits per heavy atom. The molecule has 0 fully saturated rings. The molecule has 1 aromatic carbocycles. The van der Waals surface area contributed by atoms with Crippen LogP contribution in [0.25, 0.3) is 0 Å². The lowest BCUT2D eigenvalue weighted by Crippen LogP contribution is -2.28. The van der Waals surface area contributed by atoms with Crippen molar-refractivity contribution in [2.75, 3.05) is 25.6 Å². The Labute approximate surface area is 117 Å². The van der Waals surface area contributed by atoms with Gasteiger partial charge in [0.1, 0.15) is 0 Å². The van der Waals surface area contributed by atoms with Crippen molar-refractivity contribution >= 4 is 17.7 Å². The van der Waals surface area contributed by atoms with Gasteiger partial charge in [-0.25, -0.2) is 4.79 Å². The summed E-state index contributed by atoms with van der Waals surface area (Å²) in [5, 5.41) is 13.7. The van der Waals surface area contributed by atoms with Crippen LogP contribution >= 0.6 is 0 Å². The number of rotatable bonds is 6. The van der Waals surface area contributed by atoms with Crippen LogP contribution in [0.15, 0.2) is 12.1 Å². The number of carbonyl (C=O) groups is 2. The second kappa shape index (κ2) is 7.46. The Balaban J connectivity index is 3.06. The highest BCUT2D eigenvalue weighted by molar-refractivity contribution is 6.02. The number of hydrogen-bond donors (Lipinski definition) is 4. The number of aryl methyl sites for hydroxylation is 1. The largest absolute Gasteiger partial charge is 0.465 e. The molecular formula is C13H19N3O4. The van der Waals surface area contributed by atoms with Gasteiger partial charge in [0.25, 0.3) is 5.91 Å². The van der Waals surface area contributed by atoms with Crippen molar-refractivity contribution < 1.29 is 19.4 Å². The molecule has 1 rings (SSSR count). The maximum Gasteiger partial charge on any atom is 0.409 e. The van der Waals surface area contributed by atoms with Crippen LogP contribution in [0.3, 0.4) is 0 Å². The molecule has 0 aliphatic heterocycles. The number of carboxylic acid groups (broad SMARTS) is 1. The van der Waals surface area contributed by atoms with E-state index in [1.165, 1.54) is 7.11 Å². The molecule has 0 saturated carbocycles. The van der Waals surface area contributed by atoms with Gasteiger partial charge in [0.2, 0.25) is 0 Å². The highest BCUT2D eigenvalue weighted by Crippen LogP contribution is 2.21. The SMILES string of the molecule is COCCNC(=O)c1cc(CN)c(C)cc1NC(=O)O. The summed E-state index contributed by atoms with van der Waals surface area (Å²) in [6.07, 6.45) is -1.23. The van der Waals surface area contributed by atoms with E-state index in [2.05, 4.69) is 10.6 Å². The van der Waals surface area contributed by atoms with Crippen LogP contribution < -0.4 is 16.4 Å². The maximum atomic E-state index is 12.1. The number of amides is 2. The standard InChI is InChI=1S/C13H19N3O4/c1-8-5-11(16-13(18)19)10(6-9(8)7-14)12(17)15-3-4-20-2/h5-6,16H,3-4,7,14H2,1-2H3,(H,15,17)(H,18,19). The van der Waals surface area contributed by atoms with Crippen LogP contribution in [0.4, 0.5) is 10.5 Å². The van der Waals surface area contributed by atoms with Crippen molar-refractivity contribution in [3.8, 4) is 0 Å². The lowest BCUT2D eigenvalue weighted by Gasteiger charge is -2.13. The normalized spacial score (nSPS) is 10.2. The number of nitrogens with one attached hydrogen (secondary N) is 2. The summed E-state index contributed by atoms with van der Waals surface area (Å²) < 4.78 is 4.84. The van der Waals surface area contributed by atoms with E-state index < -0.39 is 6.09 Å². The van der Waals surface area contributed by atoms with E-state index in [9.17, 15) is 9.59 Å². The summed E-state index contributed by atoms with van der Waals surface area (Å²) in [4.78, 5) is 22.8. The lowest BCUT2D eigenvalue weighted by molar-refractivity contribution is 0.0938. The van der Waals surface area contributed by atoms with E-state index in [1.54, 1.807) is 12.1 Å². The third-order valence-corrected chi connectivity index (χ3v) is 2.77. The van der Waals surface area contributed by atoms with E-state index in [0.717, 1.165) is 11.1 Å². The van der Waals surface area contributed by atoms with Gasteiger partial charge in [-0.3, -0.25) is 10.1 Å².